The Labute approximate surface area is 170 Å². The average Bonchev–Trinajstić information content (AvgIpc) is 3.04. The Hall–Kier alpha value is -2.86. The molecule has 2 heterocycles. The van der Waals surface area contributed by atoms with Gasteiger partial charge in [0.1, 0.15) is 6.54 Å². The van der Waals surface area contributed by atoms with E-state index in [1.807, 2.05) is 6.07 Å². The number of hydrogen-bond acceptors (Lipinski definition) is 4. The number of fused-ring (bicyclic) bond motifs is 1. The van der Waals surface area contributed by atoms with Crippen molar-refractivity contribution in [3.63, 3.8) is 0 Å². The normalized spacial score (nSPS) is 15.6. The Morgan fingerprint density at radius 3 is 2.52 bits per heavy atom. The molecule has 152 valence electrons. The predicted octanol–water partition coefficient (Wildman–Crippen LogP) is 3.14. The molecule has 1 aromatic heterocycles. The lowest BCUT2D eigenvalue weighted by molar-refractivity contribution is -0.121. The summed E-state index contributed by atoms with van der Waals surface area (Å²) in [7, 11) is 0. The molecule has 0 radical (unpaired) electrons. The lowest BCUT2D eigenvalue weighted by Gasteiger charge is -2.30. The van der Waals surface area contributed by atoms with E-state index in [0.29, 0.717) is 17.6 Å². The minimum Gasteiger partial charge on any atom is -0.408 e. The standard InChI is InChI=1S/C23H27N3O3/c1-17-10-12-25(13-11-17)15-19-8-6-18(7-9-19)14-24-22(27)16-26-20-4-2-3-5-21(20)29-23(26)28/h2-9,17H,10-16H2,1H3,(H,24,27). The Kier molecular flexibility index (Phi) is 5.81. The largest absolute Gasteiger partial charge is 0.420 e. The number of carbonyl (C=O) groups excluding carboxylic acids is 1. The highest BCUT2D eigenvalue weighted by Gasteiger charge is 2.15. The van der Waals surface area contributed by atoms with Crippen LogP contribution in [0.2, 0.25) is 0 Å². The van der Waals surface area contributed by atoms with Gasteiger partial charge < -0.3 is 9.73 Å². The van der Waals surface area contributed by atoms with Crippen LogP contribution in [-0.2, 0) is 24.4 Å². The molecule has 1 N–H and O–H groups in total. The zero-order chi connectivity index (χ0) is 20.2. The van der Waals surface area contributed by atoms with Gasteiger partial charge in [0.15, 0.2) is 5.58 Å². The van der Waals surface area contributed by atoms with Gasteiger partial charge in [-0.25, -0.2) is 4.79 Å². The fourth-order valence-electron chi connectivity index (χ4n) is 3.80. The summed E-state index contributed by atoms with van der Waals surface area (Å²) in [6.07, 6.45) is 2.55. The summed E-state index contributed by atoms with van der Waals surface area (Å²) in [5.41, 5.74) is 3.46. The molecular formula is C23H27N3O3. The Morgan fingerprint density at radius 2 is 1.76 bits per heavy atom. The molecule has 6 nitrogen and oxygen atoms in total. The lowest BCUT2D eigenvalue weighted by atomic mass is 9.99. The minimum atomic E-state index is -0.516. The van der Waals surface area contributed by atoms with Crippen molar-refractivity contribution in [3.8, 4) is 0 Å². The third-order valence-electron chi connectivity index (χ3n) is 5.67. The van der Waals surface area contributed by atoms with E-state index in [1.54, 1.807) is 18.2 Å². The SMILES string of the molecule is CC1CCN(Cc2ccc(CNC(=O)Cn3c(=O)oc4ccccc43)cc2)CC1. The van der Waals surface area contributed by atoms with Gasteiger partial charge in [-0.15, -0.1) is 0 Å². The number of carbonyl (C=O) groups is 1. The molecule has 2 aromatic carbocycles. The van der Waals surface area contributed by atoms with E-state index < -0.39 is 5.76 Å². The predicted molar refractivity (Wildman–Crippen MR) is 112 cm³/mol. The van der Waals surface area contributed by atoms with Gasteiger partial charge >= 0.3 is 5.76 Å². The lowest BCUT2D eigenvalue weighted by Crippen LogP contribution is -2.32. The highest BCUT2D eigenvalue weighted by Crippen LogP contribution is 2.18. The van der Waals surface area contributed by atoms with E-state index in [4.69, 9.17) is 4.42 Å². The molecule has 1 aliphatic heterocycles. The van der Waals surface area contributed by atoms with Crippen molar-refractivity contribution in [2.45, 2.75) is 39.4 Å². The van der Waals surface area contributed by atoms with Gasteiger partial charge in [-0.1, -0.05) is 43.3 Å². The molecule has 0 bridgehead atoms. The van der Waals surface area contributed by atoms with Crippen molar-refractivity contribution in [1.29, 1.82) is 0 Å². The van der Waals surface area contributed by atoms with Crippen LogP contribution >= 0.6 is 0 Å². The van der Waals surface area contributed by atoms with Crippen molar-refractivity contribution >= 4 is 17.0 Å². The smallest absolute Gasteiger partial charge is 0.408 e. The van der Waals surface area contributed by atoms with E-state index in [0.717, 1.165) is 18.0 Å². The molecular weight excluding hydrogens is 366 g/mol. The number of benzene rings is 2. The molecule has 1 saturated heterocycles. The molecule has 0 aliphatic carbocycles. The first kappa shape index (κ1) is 19.5. The van der Waals surface area contributed by atoms with Gasteiger partial charge in [0.05, 0.1) is 5.52 Å². The van der Waals surface area contributed by atoms with E-state index in [9.17, 15) is 9.59 Å². The summed E-state index contributed by atoms with van der Waals surface area (Å²) in [6.45, 7) is 6.02. The van der Waals surface area contributed by atoms with Crippen LogP contribution in [0.4, 0.5) is 0 Å². The highest BCUT2D eigenvalue weighted by atomic mass is 16.4. The number of likely N-dealkylation sites (tertiary alicyclic amines) is 1. The first-order valence-corrected chi connectivity index (χ1v) is 10.2. The van der Waals surface area contributed by atoms with Crippen molar-refractivity contribution < 1.29 is 9.21 Å². The Bertz CT molecular complexity index is 1030. The van der Waals surface area contributed by atoms with Crippen molar-refractivity contribution in [3.05, 3.63) is 70.2 Å². The van der Waals surface area contributed by atoms with Crippen molar-refractivity contribution in [2.24, 2.45) is 5.92 Å². The number of amides is 1. The van der Waals surface area contributed by atoms with Gasteiger partial charge in [0.25, 0.3) is 0 Å². The maximum absolute atomic E-state index is 12.3. The molecule has 1 amide bonds. The second-order valence-electron chi connectivity index (χ2n) is 7.97. The number of rotatable bonds is 6. The van der Waals surface area contributed by atoms with Gasteiger partial charge in [0.2, 0.25) is 5.91 Å². The molecule has 0 unspecified atom stereocenters. The van der Waals surface area contributed by atoms with Crippen LogP contribution in [0.25, 0.3) is 11.1 Å². The molecule has 29 heavy (non-hydrogen) atoms. The first-order chi connectivity index (χ1) is 14.1. The van der Waals surface area contributed by atoms with Gasteiger partial charge in [-0.2, -0.15) is 0 Å². The third-order valence-corrected chi connectivity index (χ3v) is 5.67. The van der Waals surface area contributed by atoms with Crippen LogP contribution in [0.15, 0.2) is 57.7 Å². The van der Waals surface area contributed by atoms with Crippen LogP contribution < -0.4 is 11.1 Å². The molecule has 0 saturated carbocycles. The van der Waals surface area contributed by atoms with Crippen LogP contribution in [0, 0.1) is 5.92 Å². The molecule has 3 aromatic rings. The maximum Gasteiger partial charge on any atom is 0.420 e. The second kappa shape index (κ2) is 8.66. The maximum atomic E-state index is 12.3. The van der Waals surface area contributed by atoms with Crippen molar-refractivity contribution in [1.82, 2.24) is 14.8 Å². The van der Waals surface area contributed by atoms with Gasteiger partial charge in [-0.3, -0.25) is 14.3 Å². The summed E-state index contributed by atoms with van der Waals surface area (Å²) < 4.78 is 6.52. The van der Waals surface area contributed by atoms with E-state index in [-0.39, 0.29) is 12.5 Å². The van der Waals surface area contributed by atoms with Crippen molar-refractivity contribution in [2.75, 3.05) is 13.1 Å². The quantitative estimate of drug-likeness (QED) is 0.699. The molecule has 4 rings (SSSR count). The monoisotopic (exact) mass is 393 g/mol. The fraction of sp³-hybridized carbons (Fsp3) is 0.391. The topological polar surface area (TPSA) is 67.5 Å². The average molecular weight is 393 g/mol. The number of hydrogen-bond donors (Lipinski definition) is 1. The number of para-hydroxylation sites is 2. The van der Waals surface area contributed by atoms with Crippen LogP contribution in [0.1, 0.15) is 30.9 Å². The van der Waals surface area contributed by atoms with E-state index in [2.05, 4.69) is 41.4 Å². The summed E-state index contributed by atoms with van der Waals surface area (Å²) in [6, 6.07) is 15.5. The number of aromatic nitrogens is 1. The van der Waals surface area contributed by atoms with Gasteiger partial charge in [0, 0.05) is 13.1 Å². The zero-order valence-corrected chi connectivity index (χ0v) is 16.8. The Balaban J connectivity index is 1.30. The molecule has 0 atom stereocenters. The summed E-state index contributed by atoms with van der Waals surface area (Å²) >= 11 is 0. The number of oxazole rings is 1. The molecule has 1 aliphatic rings. The molecule has 1 fully saturated rings. The van der Waals surface area contributed by atoms with Crippen LogP contribution in [-0.4, -0.2) is 28.5 Å². The van der Waals surface area contributed by atoms with E-state index >= 15 is 0 Å². The number of nitrogens with zero attached hydrogens (tertiary/aromatic N) is 2. The summed E-state index contributed by atoms with van der Waals surface area (Å²) in [5, 5.41) is 2.88. The number of piperidine rings is 1. The van der Waals surface area contributed by atoms with Gasteiger partial charge in [-0.05, 0) is 55.1 Å². The van der Waals surface area contributed by atoms with E-state index in [1.165, 1.54) is 36.1 Å². The zero-order valence-electron chi connectivity index (χ0n) is 16.8. The minimum absolute atomic E-state index is 0.0543. The number of nitrogens with one attached hydrogen (secondary N) is 1. The fourth-order valence-corrected chi connectivity index (χ4v) is 3.80. The summed E-state index contributed by atoms with van der Waals surface area (Å²) in [5.74, 6) is 0.108. The highest BCUT2D eigenvalue weighted by molar-refractivity contribution is 5.79. The molecule has 0 spiro atoms. The first-order valence-electron chi connectivity index (χ1n) is 10.2. The van der Waals surface area contributed by atoms with Crippen LogP contribution in [0.5, 0.6) is 0 Å². The third kappa shape index (κ3) is 4.77. The Morgan fingerprint density at radius 1 is 1.07 bits per heavy atom. The molecule has 6 heteroatoms. The van der Waals surface area contributed by atoms with Crippen LogP contribution in [0.3, 0.4) is 0 Å². The second-order valence-corrected chi connectivity index (χ2v) is 7.97. The summed E-state index contributed by atoms with van der Waals surface area (Å²) in [4.78, 5) is 26.8.